The van der Waals surface area contributed by atoms with Crippen molar-refractivity contribution in [3.05, 3.63) is 0 Å². The summed E-state index contributed by atoms with van der Waals surface area (Å²) in [5.41, 5.74) is 0. The second kappa shape index (κ2) is 8.00. The molecule has 0 amide bonds. The van der Waals surface area contributed by atoms with Gasteiger partial charge in [-0.1, -0.05) is 40.0 Å². The maximum atomic E-state index is 9.80. The summed E-state index contributed by atoms with van der Waals surface area (Å²) < 4.78 is 0. The molecule has 1 unspecified atom stereocenters. The van der Waals surface area contributed by atoms with Gasteiger partial charge in [0.25, 0.3) is 0 Å². The summed E-state index contributed by atoms with van der Waals surface area (Å²) in [5, 5.41) is 0. The first-order valence-corrected chi connectivity index (χ1v) is 5.20. The van der Waals surface area contributed by atoms with Crippen LogP contribution in [0.2, 0.25) is 0 Å². The van der Waals surface area contributed by atoms with Crippen molar-refractivity contribution in [1.29, 1.82) is 0 Å². The number of rotatable bonds is 7. The Morgan fingerprint density at radius 3 is 2.38 bits per heavy atom. The average Bonchev–Trinajstić information content (AvgIpc) is 2.04. The van der Waals surface area contributed by atoms with Crippen LogP contribution in [-0.4, -0.2) is 12.6 Å². The van der Waals surface area contributed by atoms with Crippen LogP contribution in [0.15, 0.2) is 4.99 Å². The zero-order chi connectivity index (χ0) is 10.1. The molecule has 0 N–H and O–H groups in total. The molecule has 0 aromatic heterocycles. The lowest BCUT2D eigenvalue weighted by Crippen LogP contribution is -1.98. The second-order valence-corrected chi connectivity index (χ2v) is 4.19. The third-order valence-electron chi connectivity index (χ3n) is 2.28. The van der Waals surface area contributed by atoms with Gasteiger partial charge in [-0.25, -0.2) is 9.79 Å². The van der Waals surface area contributed by atoms with E-state index in [0.29, 0.717) is 12.5 Å². The van der Waals surface area contributed by atoms with Gasteiger partial charge in [-0.2, -0.15) is 0 Å². The van der Waals surface area contributed by atoms with Crippen LogP contribution in [0.3, 0.4) is 0 Å². The molecule has 0 fully saturated rings. The predicted octanol–water partition coefficient (Wildman–Crippen LogP) is 3.17. The topological polar surface area (TPSA) is 29.4 Å². The van der Waals surface area contributed by atoms with E-state index in [1.807, 2.05) is 0 Å². The number of hydrogen-bond donors (Lipinski definition) is 0. The SMILES string of the molecule is CC(C)CCCC(C)CCN=C=O. The predicted molar refractivity (Wildman–Crippen MR) is 55.5 cm³/mol. The van der Waals surface area contributed by atoms with Gasteiger partial charge in [0.2, 0.25) is 6.08 Å². The Kier molecular flexibility index (Phi) is 7.62. The molecule has 0 aromatic rings. The monoisotopic (exact) mass is 183 g/mol. The number of aliphatic imine (C=N–C) groups is 1. The highest BCUT2D eigenvalue weighted by atomic mass is 16.1. The van der Waals surface area contributed by atoms with Gasteiger partial charge < -0.3 is 0 Å². The van der Waals surface area contributed by atoms with Crippen LogP contribution in [0.25, 0.3) is 0 Å². The minimum atomic E-state index is 0.645. The van der Waals surface area contributed by atoms with Crippen LogP contribution in [0.5, 0.6) is 0 Å². The van der Waals surface area contributed by atoms with E-state index >= 15 is 0 Å². The van der Waals surface area contributed by atoms with E-state index in [0.717, 1.165) is 12.3 Å². The van der Waals surface area contributed by atoms with Crippen molar-refractivity contribution < 1.29 is 4.79 Å². The van der Waals surface area contributed by atoms with Crippen molar-refractivity contribution >= 4 is 6.08 Å². The molecule has 0 bridgehead atoms. The summed E-state index contributed by atoms with van der Waals surface area (Å²) in [6.07, 6.45) is 6.45. The molecule has 2 nitrogen and oxygen atoms in total. The fourth-order valence-corrected chi connectivity index (χ4v) is 1.35. The molecule has 13 heavy (non-hydrogen) atoms. The van der Waals surface area contributed by atoms with Crippen LogP contribution < -0.4 is 0 Å². The summed E-state index contributed by atoms with van der Waals surface area (Å²) in [6.45, 7) is 7.37. The van der Waals surface area contributed by atoms with E-state index in [1.54, 1.807) is 6.08 Å². The van der Waals surface area contributed by atoms with Crippen molar-refractivity contribution in [3.8, 4) is 0 Å². The fraction of sp³-hybridized carbons (Fsp3) is 0.909. The molecule has 0 aliphatic heterocycles. The Morgan fingerprint density at radius 2 is 1.85 bits per heavy atom. The minimum Gasteiger partial charge on any atom is -0.211 e. The highest BCUT2D eigenvalue weighted by Crippen LogP contribution is 2.14. The van der Waals surface area contributed by atoms with E-state index in [-0.39, 0.29) is 0 Å². The maximum Gasteiger partial charge on any atom is 0.234 e. The van der Waals surface area contributed by atoms with Crippen molar-refractivity contribution in [2.24, 2.45) is 16.8 Å². The normalized spacial score (nSPS) is 12.6. The van der Waals surface area contributed by atoms with Crippen LogP contribution >= 0.6 is 0 Å². The van der Waals surface area contributed by atoms with E-state index in [4.69, 9.17) is 0 Å². The molecule has 0 radical (unpaired) electrons. The van der Waals surface area contributed by atoms with Gasteiger partial charge in [0.05, 0.1) is 6.54 Å². The Bertz CT molecular complexity index is 159. The Labute approximate surface area is 81.4 Å². The third kappa shape index (κ3) is 9.29. The molecule has 76 valence electrons. The molecule has 0 aliphatic carbocycles. The molecule has 1 atom stereocenters. The van der Waals surface area contributed by atoms with Crippen LogP contribution in [0, 0.1) is 11.8 Å². The van der Waals surface area contributed by atoms with Crippen LogP contribution in [0.4, 0.5) is 0 Å². The van der Waals surface area contributed by atoms with Gasteiger partial charge in [-0.05, 0) is 18.3 Å². The standard InChI is InChI=1S/C11H21NO/c1-10(2)5-4-6-11(3)7-8-12-9-13/h10-11H,4-8H2,1-3H3. The smallest absolute Gasteiger partial charge is 0.211 e. The van der Waals surface area contributed by atoms with Crippen molar-refractivity contribution in [1.82, 2.24) is 0 Å². The Balaban J connectivity index is 3.29. The van der Waals surface area contributed by atoms with Crippen molar-refractivity contribution in [2.75, 3.05) is 6.54 Å². The summed E-state index contributed by atoms with van der Waals surface area (Å²) in [7, 11) is 0. The molecular weight excluding hydrogens is 162 g/mol. The lowest BCUT2D eigenvalue weighted by atomic mass is 9.97. The van der Waals surface area contributed by atoms with Crippen LogP contribution in [-0.2, 0) is 4.79 Å². The first-order valence-electron chi connectivity index (χ1n) is 5.20. The lowest BCUT2D eigenvalue weighted by Gasteiger charge is -2.09. The average molecular weight is 183 g/mol. The molecule has 0 saturated heterocycles. The molecular formula is C11H21NO. The first kappa shape index (κ1) is 12.4. The maximum absolute atomic E-state index is 9.80. The van der Waals surface area contributed by atoms with Gasteiger partial charge in [0.1, 0.15) is 0 Å². The number of isocyanates is 1. The Hall–Kier alpha value is -0.620. The summed E-state index contributed by atoms with van der Waals surface area (Å²) in [5.74, 6) is 1.50. The Morgan fingerprint density at radius 1 is 1.15 bits per heavy atom. The molecule has 0 saturated carbocycles. The van der Waals surface area contributed by atoms with E-state index in [1.165, 1.54) is 19.3 Å². The molecule has 0 spiro atoms. The largest absolute Gasteiger partial charge is 0.234 e. The van der Waals surface area contributed by atoms with E-state index < -0.39 is 0 Å². The van der Waals surface area contributed by atoms with Gasteiger partial charge in [-0.15, -0.1) is 0 Å². The highest BCUT2D eigenvalue weighted by molar-refractivity contribution is 5.32. The summed E-state index contributed by atoms with van der Waals surface area (Å²) in [6, 6.07) is 0. The molecule has 2 heteroatoms. The number of nitrogens with zero attached hydrogens (tertiary/aromatic N) is 1. The van der Waals surface area contributed by atoms with Crippen molar-refractivity contribution in [3.63, 3.8) is 0 Å². The first-order chi connectivity index (χ1) is 6.16. The highest BCUT2D eigenvalue weighted by Gasteiger charge is 2.02. The van der Waals surface area contributed by atoms with Gasteiger partial charge in [-0.3, -0.25) is 0 Å². The summed E-state index contributed by atoms with van der Waals surface area (Å²) >= 11 is 0. The fourth-order valence-electron chi connectivity index (χ4n) is 1.35. The third-order valence-corrected chi connectivity index (χ3v) is 2.28. The van der Waals surface area contributed by atoms with Gasteiger partial charge in [0.15, 0.2) is 0 Å². The number of carbonyl (C=O) groups excluding carboxylic acids is 1. The molecule has 0 aliphatic rings. The molecule has 0 rings (SSSR count). The van der Waals surface area contributed by atoms with Crippen molar-refractivity contribution in [2.45, 2.75) is 46.5 Å². The molecule has 0 aromatic carbocycles. The quantitative estimate of drug-likeness (QED) is 0.440. The van der Waals surface area contributed by atoms with Gasteiger partial charge in [0, 0.05) is 0 Å². The minimum absolute atomic E-state index is 0.645. The van der Waals surface area contributed by atoms with E-state index in [9.17, 15) is 4.79 Å². The zero-order valence-corrected chi connectivity index (χ0v) is 9.05. The molecule has 0 heterocycles. The second-order valence-electron chi connectivity index (χ2n) is 4.19. The van der Waals surface area contributed by atoms with E-state index in [2.05, 4.69) is 25.8 Å². The van der Waals surface area contributed by atoms with Crippen LogP contribution in [0.1, 0.15) is 46.5 Å². The van der Waals surface area contributed by atoms with Gasteiger partial charge >= 0.3 is 0 Å². The summed E-state index contributed by atoms with van der Waals surface area (Å²) in [4.78, 5) is 13.3. The lowest BCUT2D eigenvalue weighted by molar-refractivity contribution is 0.440. The number of hydrogen-bond acceptors (Lipinski definition) is 2. The zero-order valence-electron chi connectivity index (χ0n) is 9.05.